The molecule has 0 spiro atoms. The Hall–Kier alpha value is -3.17. The molecule has 1 heterocycles. The van der Waals surface area contributed by atoms with Crippen LogP contribution in [0.1, 0.15) is 27.2 Å². The monoisotopic (exact) mass is 377 g/mol. The largest absolute Gasteiger partial charge is 0.321 e. The van der Waals surface area contributed by atoms with Gasteiger partial charge in [-0.05, 0) is 61.9 Å². The third kappa shape index (κ3) is 4.33. The van der Waals surface area contributed by atoms with Crippen molar-refractivity contribution in [2.75, 3.05) is 5.32 Å². The minimum absolute atomic E-state index is 0.336. The molecule has 27 heavy (non-hydrogen) atoms. The van der Waals surface area contributed by atoms with Gasteiger partial charge in [-0.15, -0.1) is 0 Å². The molecule has 3 rings (SSSR count). The molecule has 0 aliphatic rings. The van der Waals surface area contributed by atoms with Gasteiger partial charge < -0.3 is 5.32 Å². The van der Waals surface area contributed by atoms with Crippen LogP contribution in [0, 0.1) is 31.0 Å². The van der Waals surface area contributed by atoms with Crippen LogP contribution in [0.2, 0.25) is 0 Å². The highest BCUT2D eigenvalue weighted by atomic mass is 32.2. The molecular formula is C21H16FN3OS. The third-order valence-electron chi connectivity index (χ3n) is 3.87. The van der Waals surface area contributed by atoms with Crippen LogP contribution in [0.5, 0.6) is 0 Å². The first-order valence-corrected chi connectivity index (χ1v) is 9.01. The highest BCUT2D eigenvalue weighted by molar-refractivity contribution is 7.99. The molecular weight excluding hydrogens is 361 g/mol. The van der Waals surface area contributed by atoms with E-state index in [0.29, 0.717) is 21.8 Å². The number of nitrogens with one attached hydrogen (secondary N) is 1. The SMILES string of the molecule is Cc1cc(C)c(C#N)c(Sc2ccccc2NC(=O)c2ccc(F)cc2)n1. The molecule has 2 aromatic carbocycles. The second-order valence-electron chi connectivity index (χ2n) is 5.93. The molecule has 3 aromatic rings. The number of amides is 1. The molecule has 0 aliphatic heterocycles. The van der Waals surface area contributed by atoms with Crippen molar-refractivity contribution in [3.05, 3.63) is 82.8 Å². The zero-order valence-corrected chi connectivity index (χ0v) is 15.6. The molecule has 1 N–H and O–H groups in total. The molecule has 0 aliphatic carbocycles. The van der Waals surface area contributed by atoms with Crippen molar-refractivity contribution < 1.29 is 9.18 Å². The maximum Gasteiger partial charge on any atom is 0.255 e. The van der Waals surface area contributed by atoms with Gasteiger partial charge in [0.15, 0.2) is 0 Å². The van der Waals surface area contributed by atoms with Gasteiger partial charge in [0.25, 0.3) is 5.91 Å². The van der Waals surface area contributed by atoms with Gasteiger partial charge in [0.05, 0.1) is 11.3 Å². The Kier molecular flexibility index (Phi) is 5.53. The van der Waals surface area contributed by atoms with Crippen molar-refractivity contribution in [1.29, 1.82) is 5.26 Å². The summed E-state index contributed by atoms with van der Waals surface area (Å²) in [5, 5.41) is 12.9. The first-order valence-electron chi connectivity index (χ1n) is 8.20. The number of aromatic nitrogens is 1. The quantitative estimate of drug-likeness (QED) is 0.686. The van der Waals surface area contributed by atoms with Crippen LogP contribution in [0.3, 0.4) is 0 Å². The van der Waals surface area contributed by atoms with E-state index in [4.69, 9.17) is 0 Å². The summed E-state index contributed by atoms with van der Waals surface area (Å²) in [6.07, 6.45) is 0. The minimum atomic E-state index is -0.396. The fourth-order valence-corrected chi connectivity index (χ4v) is 3.65. The number of carbonyl (C=O) groups is 1. The van der Waals surface area contributed by atoms with E-state index in [1.807, 2.05) is 38.1 Å². The molecule has 0 saturated carbocycles. The van der Waals surface area contributed by atoms with Gasteiger partial charge in [0, 0.05) is 16.2 Å². The van der Waals surface area contributed by atoms with Crippen molar-refractivity contribution >= 4 is 23.4 Å². The predicted octanol–water partition coefficient (Wildman–Crippen LogP) is 5.11. The third-order valence-corrected chi connectivity index (χ3v) is 4.94. The fraction of sp³-hybridized carbons (Fsp3) is 0.0952. The molecule has 1 aromatic heterocycles. The van der Waals surface area contributed by atoms with Crippen LogP contribution in [0.4, 0.5) is 10.1 Å². The van der Waals surface area contributed by atoms with Crippen molar-refractivity contribution in [3.8, 4) is 6.07 Å². The van der Waals surface area contributed by atoms with Gasteiger partial charge in [-0.3, -0.25) is 4.79 Å². The normalized spacial score (nSPS) is 10.3. The van der Waals surface area contributed by atoms with E-state index >= 15 is 0 Å². The second kappa shape index (κ2) is 8.02. The second-order valence-corrected chi connectivity index (χ2v) is 6.96. The Labute approximate surface area is 161 Å². The van der Waals surface area contributed by atoms with E-state index in [-0.39, 0.29) is 5.91 Å². The lowest BCUT2D eigenvalue weighted by atomic mass is 10.1. The maximum absolute atomic E-state index is 13.1. The van der Waals surface area contributed by atoms with Gasteiger partial charge in [0.1, 0.15) is 16.9 Å². The van der Waals surface area contributed by atoms with Crippen molar-refractivity contribution in [2.45, 2.75) is 23.8 Å². The fourth-order valence-electron chi connectivity index (χ4n) is 2.57. The molecule has 4 nitrogen and oxygen atoms in total. The lowest BCUT2D eigenvalue weighted by Gasteiger charge is -2.12. The zero-order valence-electron chi connectivity index (χ0n) is 14.8. The van der Waals surface area contributed by atoms with E-state index in [2.05, 4.69) is 16.4 Å². The van der Waals surface area contributed by atoms with Crippen LogP contribution in [0.25, 0.3) is 0 Å². The summed E-state index contributed by atoms with van der Waals surface area (Å²) < 4.78 is 13.1. The highest BCUT2D eigenvalue weighted by Gasteiger charge is 2.14. The van der Waals surface area contributed by atoms with Gasteiger partial charge in [0.2, 0.25) is 0 Å². The van der Waals surface area contributed by atoms with Crippen LogP contribution in [0.15, 0.2) is 64.5 Å². The smallest absolute Gasteiger partial charge is 0.255 e. The Morgan fingerprint density at radius 2 is 1.85 bits per heavy atom. The van der Waals surface area contributed by atoms with Crippen molar-refractivity contribution in [2.24, 2.45) is 0 Å². The summed E-state index contributed by atoms with van der Waals surface area (Å²) in [6.45, 7) is 3.75. The zero-order chi connectivity index (χ0) is 19.4. The number of anilines is 1. The van der Waals surface area contributed by atoms with E-state index < -0.39 is 5.82 Å². The Bertz CT molecular complexity index is 1040. The standard InChI is InChI=1S/C21H16FN3OS/c1-13-11-14(2)24-21(17(13)12-23)27-19-6-4-3-5-18(19)25-20(26)15-7-9-16(22)10-8-15/h3-11H,1-2H3,(H,25,26). The van der Waals surface area contributed by atoms with Gasteiger partial charge >= 0.3 is 0 Å². The van der Waals surface area contributed by atoms with Gasteiger partial charge in [-0.2, -0.15) is 5.26 Å². The number of para-hydroxylation sites is 1. The average molecular weight is 377 g/mol. The first-order chi connectivity index (χ1) is 13.0. The van der Waals surface area contributed by atoms with Crippen LogP contribution in [-0.2, 0) is 0 Å². The predicted molar refractivity (Wildman–Crippen MR) is 103 cm³/mol. The summed E-state index contributed by atoms with van der Waals surface area (Å²) in [5.41, 5.74) is 3.16. The van der Waals surface area contributed by atoms with E-state index in [9.17, 15) is 14.4 Å². The lowest BCUT2D eigenvalue weighted by Crippen LogP contribution is -2.12. The Morgan fingerprint density at radius 3 is 2.56 bits per heavy atom. The number of nitriles is 1. The summed E-state index contributed by atoms with van der Waals surface area (Å²) >= 11 is 1.33. The molecule has 0 fully saturated rings. The number of rotatable bonds is 4. The number of hydrogen-bond donors (Lipinski definition) is 1. The number of pyridine rings is 1. The molecule has 0 bridgehead atoms. The molecule has 0 radical (unpaired) electrons. The maximum atomic E-state index is 13.1. The van der Waals surface area contributed by atoms with Crippen LogP contribution >= 0.6 is 11.8 Å². The molecule has 0 saturated heterocycles. The van der Waals surface area contributed by atoms with Gasteiger partial charge in [-0.1, -0.05) is 23.9 Å². The summed E-state index contributed by atoms with van der Waals surface area (Å²) in [5.74, 6) is -0.732. The summed E-state index contributed by atoms with van der Waals surface area (Å²) in [4.78, 5) is 17.7. The van der Waals surface area contributed by atoms with E-state index in [0.717, 1.165) is 16.2 Å². The van der Waals surface area contributed by atoms with Crippen LogP contribution < -0.4 is 5.32 Å². The number of halogens is 1. The number of nitrogens with zero attached hydrogens (tertiary/aromatic N) is 2. The molecule has 0 atom stereocenters. The molecule has 0 unspecified atom stereocenters. The van der Waals surface area contributed by atoms with Crippen molar-refractivity contribution in [1.82, 2.24) is 4.98 Å². The average Bonchev–Trinajstić information content (AvgIpc) is 2.63. The molecule has 1 amide bonds. The summed E-state index contributed by atoms with van der Waals surface area (Å²) in [7, 11) is 0. The van der Waals surface area contributed by atoms with E-state index in [1.54, 1.807) is 6.07 Å². The lowest BCUT2D eigenvalue weighted by molar-refractivity contribution is 0.102. The number of carbonyl (C=O) groups excluding carboxylic acids is 1. The number of hydrogen-bond acceptors (Lipinski definition) is 4. The van der Waals surface area contributed by atoms with Crippen LogP contribution in [-0.4, -0.2) is 10.9 Å². The van der Waals surface area contributed by atoms with Gasteiger partial charge in [-0.25, -0.2) is 9.37 Å². The Morgan fingerprint density at radius 1 is 1.15 bits per heavy atom. The molecule has 6 heteroatoms. The minimum Gasteiger partial charge on any atom is -0.321 e. The number of benzene rings is 2. The number of aryl methyl sites for hydroxylation is 2. The summed E-state index contributed by atoms with van der Waals surface area (Å²) in [6, 6.07) is 16.7. The Balaban J connectivity index is 1.90. The molecule has 134 valence electrons. The van der Waals surface area contributed by atoms with Crippen molar-refractivity contribution in [3.63, 3.8) is 0 Å². The topological polar surface area (TPSA) is 65.8 Å². The van der Waals surface area contributed by atoms with E-state index in [1.165, 1.54) is 36.0 Å². The first kappa shape index (κ1) is 18.6. The highest BCUT2D eigenvalue weighted by Crippen LogP contribution is 2.35.